The number of hydrogen-bond donors (Lipinski definition) is 1. The van der Waals surface area contributed by atoms with E-state index in [1.807, 2.05) is 6.92 Å². The summed E-state index contributed by atoms with van der Waals surface area (Å²) >= 11 is 3.11. The number of halogens is 3. The van der Waals surface area contributed by atoms with Crippen LogP contribution in [0.1, 0.15) is 13.3 Å². The van der Waals surface area contributed by atoms with E-state index in [9.17, 15) is 12.8 Å². The van der Waals surface area contributed by atoms with Gasteiger partial charge in [-0.25, -0.2) is 12.8 Å². The second-order valence-electron chi connectivity index (χ2n) is 5.18. The number of nitrogens with two attached hydrogens (primary N) is 1. The first kappa shape index (κ1) is 17.8. The van der Waals surface area contributed by atoms with Crippen LogP contribution >= 0.6 is 28.3 Å². The molecule has 2 rings (SSSR count). The molecule has 0 spiro atoms. The molecule has 0 saturated carbocycles. The Morgan fingerprint density at radius 1 is 1.50 bits per heavy atom. The van der Waals surface area contributed by atoms with Crippen LogP contribution in [-0.4, -0.2) is 32.4 Å². The van der Waals surface area contributed by atoms with E-state index in [1.54, 1.807) is 0 Å². The molecule has 0 aliphatic carbocycles. The summed E-state index contributed by atoms with van der Waals surface area (Å²) in [5.74, 6) is -0.740. The largest absolute Gasteiger partial charge is 0.330 e. The van der Waals surface area contributed by atoms with Crippen molar-refractivity contribution < 1.29 is 12.8 Å². The van der Waals surface area contributed by atoms with E-state index in [4.69, 9.17) is 5.73 Å². The fourth-order valence-corrected chi connectivity index (χ4v) is 4.14. The molecule has 1 saturated heterocycles. The van der Waals surface area contributed by atoms with Gasteiger partial charge in [-0.2, -0.15) is 4.31 Å². The van der Waals surface area contributed by atoms with Crippen molar-refractivity contribution >= 4 is 38.4 Å². The van der Waals surface area contributed by atoms with Crippen molar-refractivity contribution in [3.8, 4) is 0 Å². The molecule has 1 heterocycles. The molecule has 20 heavy (non-hydrogen) atoms. The summed E-state index contributed by atoms with van der Waals surface area (Å²) in [4.78, 5) is -0.281. The van der Waals surface area contributed by atoms with Gasteiger partial charge in [0.05, 0.1) is 0 Å². The number of benzene rings is 1. The monoisotopic (exact) mass is 386 g/mol. The van der Waals surface area contributed by atoms with Crippen molar-refractivity contribution in [2.75, 3.05) is 19.6 Å². The molecule has 2 N–H and O–H groups in total. The number of hydrogen-bond acceptors (Lipinski definition) is 3. The zero-order valence-electron chi connectivity index (χ0n) is 11.0. The van der Waals surface area contributed by atoms with Gasteiger partial charge in [-0.15, -0.1) is 12.4 Å². The maximum Gasteiger partial charge on any atom is 0.246 e. The summed E-state index contributed by atoms with van der Waals surface area (Å²) in [7, 11) is -3.79. The highest BCUT2D eigenvalue weighted by Crippen LogP contribution is 2.33. The van der Waals surface area contributed by atoms with Gasteiger partial charge in [-0.1, -0.05) is 22.9 Å². The van der Waals surface area contributed by atoms with Crippen LogP contribution in [0.15, 0.2) is 27.6 Å². The zero-order chi connectivity index (χ0) is 14.3. The fraction of sp³-hybridized carbons (Fsp3) is 0.500. The van der Waals surface area contributed by atoms with Crippen molar-refractivity contribution in [2.24, 2.45) is 11.1 Å². The molecule has 0 amide bonds. The van der Waals surface area contributed by atoms with E-state index in [0.29, 0.717) is 30.5 Å². The molecule has 8 heteroatoms. The molecule has 1 aromatic carbocycles. The van der Waals surface area contributed by atoms with Crippen LogP contribution in [0.3, 0.4) is 0 Å². The predicted octanol–water partition coefficient (Wildman–Crippen LogP) is 2.37. The highest BCUT2D eigenvalue weighted by atomic mass is 79.9. The van der Waals surface area contributed by atoms with E-state index >= 15 is 0 Å². The van der Waals surface area contributed by atoms with Crippen LogP contribution in [0.25, 0.3) is 0 Å². The van der Waals surface area contributed by atoms with Crippen LogP contribution in [0.4, 0.5) is 4.39 Å². The van der Waals surface area contributed by atoms with E-state index in [0.717, 1.165) is 6.07 Å². The molecular weight excluding hydrogens is 371 g/mol. The van der Waals surface area contributed by atoms with Gasteiger partial charge in [0.15, 0.2) is 0 Å². The molecule has 1 aromatic rings. The fourth-order valence-electron chi connectivity index (χ4n) is 2.17. The quantitative estimate of drug-likeness (QED) is 0.866. The maximum atomic E-state index is 13.8. The van der Waals surface area contributed by atoms with E-state index < -0.39 is 15.8 Å². The molecule has 0 bridgehead atoms. The molecule has 114 valence electrons. The van der Waals surface area contributed by atoms with Crippen molar-refractivity contribution in [3.05, 3.63) is 28.5 Å². The number of nitrogens with zero attached hydrogens (tertiary/aromatic N) is 1. The van der Waals surface area contributed by atoms with Crippen LogP contribution in [0, 0.1) is 11.2 Å². The minimum absolute atomic E-state index is 0. The Morgan fingerprint density at radius 3 is 2.65 bits per heavy atom. The lowest BCUT2D eigenvalue weighted by molar-refractivity contribution is 0.349. The van der Waals surface area contributed by atoms with Gasteiger partial charge in [0.25, 0.3) is 0 Å². The first-order chi connectivity index (χ1) is 8.78. The minimum Gasteiger partial charge on any atom is -0.330 e. The van der Waals surface area contributed by atoms with Gasteiger partial charge in [0, 0.05) is 17.6 Å². The van der Waals surface area contributed by atoms with Gasteiger partial charge in [-0.3, -0.25) is 0 Å². The average molecular weight is 388 g/mol. The summed E-state index contributed by atoms with van der Waals surface area (Å²) in [6, 6.07) is 3.96. The average Bonchev–Trinajstić information content (AvgIpc) is 2.73. The highest BCUT2D eigenvalue weighted by molar-refractivity contribution is 9.10. The predicted molar refractivity (Wildman–Crippen MR) is 81.9 cm³/mol. The number of sulfonamides is 1. The minimum atomic E-state index is -3.79. The molecule has 0 radical (unpaired) electrons. The van der Waals surface area contributed by atoms with Gasteiger partial charge in [-0.05, 0) is 36.6 Å². The van der Waals surface area contributed by atoms with Gasteiger partial charge >= 0.3 is 0 Å². The third kappa shape index (κ3) is 3.33. The van der Waals surface area contributed by atoms with Crippen LogP contribution < -0.4 is 5.73 Å². The topological polar surface area (TPSA) is 63.4 Å². The Morgan fingerprint density at radius 2 is 2.15 bits per heavy atom. The van der Waals surface area contributed by atoms with Crippen molar-refractivity contribution in [1.82, 2.24) is 4.31 Å². The first-order valence-corrected chi connectivity index (χ1v) is 8.17. The van der Waals surface area contributed by atoms with Crippen molar-refractivity contribution in [1.29, 1.82) is 0 Å². The van der Waals surface area contributed by atoms with Crippen molar-refractivity contribution in [2.45, 2.75) is 18.2 Å². The number of rotatable bonds is 3. The summed E-state index contributed by atoms with van der Waals surface area (Å²) in [5, 5.41) is 0. The first-order valence-electron chi connectivity index (χ1n) is 5.94. The standard InChI is InChI=1S/C12H16BrFN2O2S.ClH/c1-12(7-15)4-5-16(8-12)19(17,18)11-3-2-9(13)6-10(11)14;/h2-3,6H,4-5,7-8,15H2,1H3;1H. The van der Waals surface area contributed by atoms with Gasteiger partial charge in [0.2, 0.25) is 10.0 Å². The smallest absolute Gasteiger partial charge is 0.246 e. The Labute approximate surface area is 133 Å². The second-order valence-corrected chi connectivity index (χ2v) is 8.00. The SMILES string of the molecule is CC1(CN)CCN(S(=O)(=O)c2ccc(Br)cc2F)C1.Cl. The maximum absolute atomic E-state index is 13.8. The summed E-state index contributed by atoms with van der Waals surface area (Å²) in [6.07, 6.45) is 0.695. The van der Waals surface area contributed by atoms with Crippen LogP contribution in [-0.2, 0) is 10.0 Å². The van der Waals surface area contributed by atoms with Crippen molar-refractivity contribution in [3.63, 3.8) is 0 Å². The summed E-state index contributed by atoms with van der Waals surface area (Å²) < 4.78 is 40.4. The van der Waals surface area contributed by atoms with Crippen LogP contribution in [0.2, 0.25) is 0 Å². The lowest BCUT2D eigenvalue weighted by Crippen LogP contribution is -2.34. The van der Waals surface area contributed by atoms with E-state index in [-0.39, 0.29) is 22.7 Å². The van der Waals surface area contributed by atoms with Gasteiger partial charge < -0.3 is 5.73 Å². The Kier molecular flexibility index (Phi) is 5.60. The molecule has 1 aliphatic heterocycles. The van der Waals surface area contributed by atoms with E-state index in [1.165, 1.54) is 16.4 Å². The Balaban J connectivity index is 0.00000200. The third-order valence-electron chi connectivity index (χ3n) is 3.53. The summed E-state index contributed by atoms with van der Waals surface area (Å²) in [5.41, 5.74) is 5.44. The molecule has 1 aliphatic rings. The third-order valence-corrected chi connectivity index (χ3v) is 5.90. The summed E-state index contributed by atoms with van der Waals surface area (Å²) in [6.45, 7) is 3.08. The lowest BCUT2D eigenvalue weighted by Gasteiger charge is -2.22. The second kappa shape index (κ2) is 6.27. The molecule has 1 unspecified atom stereocenters. The van der Waals surface area contributed by atoms with E-state index in [2.05, 4.69) is 15.9 Å². The molecule has 1 atom stereocenters. The molecular formula is C12H17BrClFN2O2S. The normalized spacial score (nSPS) is 23.6. The molecule has 0 aromatic heterocycles. The zero-order valence-corrected chi connectivity index (χ0v) is 14.2. The Hall–Kier alpha value is -0.210. The molecule has 4 nitrogen and oxygen atoms in total. The highest BCUT2D eigenvalue weighted by Gasteiger charge is 2.39. The molecule has 1 fully saturated rings. The van der Waals surface area contributed by atoms with Crippen LogP contribution in [0.5, 0.6) is 0 Å². The Bertz CT molecular complexity index is 599. The lowest BCUT2D eigenvalue weighted by atomic mass is 9.90. The van der Waals surface area contributed by atoms with Gasteiger partial charge in [0.1, 0.15) is 10.7 Å².